The predicted molar refractivity (Wildman–Crippen MR) is 87.0 cm³/mol. The molecule has 2 heteroatoms. The number of rotatable bonds is 2. The van der Waals surface area contributed by atoms with E-state index in [1.165, 1.54) is 21.9 Å². The molecule has 0 saturated carbocycles. The van der Waals surface area contributed by atoms with Gasteiger partial charge in [-0.15, -0.1) is 0 Å². The Kier molecular flexibility index (Phi) is 2.61. The Labute approximate surface area is 124 Å². The van der Waals surface area contributed by atoms with Crippen molar-refractivity contribution in [1.29, 1.82) is 0 Å². The number of pyridine rings is 2. The number of allylic oxidation sites excluding steroid dienone is 1. The average molecular weight is 275 g/mol. The first-order chi connectivity index (χ1) is 10.3. The van der Waals surface area contributed by atoms with Gasteiger partial charge in [-0.1, -0.05) is 19.9 Å². The van der Waals surface area contributed by atoms with Gasteiger partial charge < -0.3 is 0 Å². The normalized spacial score (nSPS) is 15.7. The molecule has 2 aromatic heterocycles. The number of benzene rings is 1. The van der Waals surface area contributed by atoms with Gasteiger partial charge in [-0.3, -0.25) is 4.98 Å². The van der Waals surface area contributed by atoms with Gasteiger partial charge in [-0.05, 0) is 35.9 Å². The maximum atomic E-state index is 4.56. The van der Waals surface area contributed by atoms with Crippen LogP contribution in [0.4, 0.5) is 0 Å². The second-order valence-corrected chi connectivity index (χ2v) is 5.82. The molecule has 0 bridgehead atoms. The van der Waals surface area contributed by atoms with Crippen LogP contribution in [-0.2, 0) is 5.54 Å². The van der Waals surface area contributed by atoms with Crippen LogP contribution in [0.2, 0.25) is 0 Å². The van der Waals surface area contributed by atoms with E-state index in [-0.39, 0.29) is 5.54 Å². The summed E-state index contributed by atoms with van der Waals surface area (Å²) in [4.78, 5) is 4.56. The third-order valence-corrected chi connectivity index (χ3v) is 4.97. The average Bonchev–Trinajstić information content (AvgIpc) is 2.69. The van der Waals surface area contributed by atoms with Gasteiger partial charge in [0.05, 0.1) is 10.9 Å². The van der Waals surface area contributed by atoms with Crippen molar-refractivity contribution < 1.29 is 4.57 Å². The Morgan fingerprint density at radius 1 is 1.10 bits per heavy atom. The maximum absolute atomic E-state index is 4.56. The van der Waals surface area contributed by atoms with Crippen LogP contribution in [-0.4, -0.2) is 4.98 Å². The lowest BCUT2D eigenvalue weighted by atomic mass is 9.91. The van der Waals surface area contributed by atoms with Gasteiger partial charge in [0.25, 0.3) is 0 Å². The van der Waals surface area contributed by atoms with Gasteiger partial charge >= 0.3 is 0 Å². The summed E-state index contributed by atoms with van der Waals surface area (Å²) >= 11 is 0. The SMILES string of the molecule is CCC1(CC)C=Cc2ccnc3ccc4ccc[n+]1c4c23. The summed E-state index contributed by atoms with van der Waals surface area (Å²) in [6, 6.07) is 10.8. The molecule has 0 radical (unpaired) electrons. The fraction of sp³-hybridized carbons (Fsp3) is 0.263. The fourth-order valence-corrected chi connectivity index (χ4v) is 3.63. The van der Waals surface area contributed by atoms with E-state index in [1.54, 1.807) is 0 Å². The smallest absolute Gasteiger partial charge is 0.223 e. The zero-order valence-electron chi connectivity index (χ0n) is 12.5. The summed E-state index contributed by atoms with van der Waals surface area (Å²) in [5, 5.41) is 2.56. The molecule has 0 saturated heterocycles. The van der Waals surface area contributed by atoms with E-state index in [1.807, 2.05) is 6.20 Å². The zero-order chi connectivity index (χ0) is 14.4. The second kappa shape index (κ2) is 4.39. The Morgan fingerprint density at radius 3 is 2.76 bits per heavy atom. The van der Waals surface area contributed by atoms with Crippen LogP contribution in [0.1, 0.15) is 32.3 Å². The Morgan fingerprint density at radius 2 is 1.95 bits per heavy atom. The highest BCUT2D eigenvalue weighted by molar-refractivity contribution is 6.06. The summed E-state index contributed by atoms with van der Waals surface area (Å²) in [5.74, 6) is 0. The minimum atomic E-state index is 0.0484. The Bertz CT molecular complexity index is 873. The van der Waals surface area contributed by atoms with Crippen LogP contribution in [0.5, 0.6) is 0 Å². The van der Waals surface area contributed by atoms with E-state index in [9.17, 15) is 0 Å². The molecule has 3 aromatic rings. The maximum Gasteiger partial charge on any atom is 0.223 e. The molecule has 4 rings (SSSR count). The summed E-state index contributed by atoms with van der Waals surface area (Å²) < 4.78 is 2.46. The van der Waals surface area contributed by atoms with Crippen LogP contribution in [0, 0.1) is 0 Å². The van der Waals surface area contributed by atoms with Crippen molar-refractivity contribution in [1.82, 2.24) is 4.98 Å². The van der Waals surface area contributed by atoms with Gasteiger partial charge in [0.1, 0.15) is 0 Å². The van der Waals surface area contributed by atoms with Crippen LogP contribution in [0.25, 0.3) is 27.9 Å². The molecule has 104 valence electrons. The molecule has 3 heterocycles. The largest absolute Gasteiger partial charge is 0.256 e. The number of aromatic nitrogens is 2. The topological polar surface area (TPSA) is 16.8 Å². The van der Waals surface area contributed by atoms with E-state index in [0.29, 0.717) is 0 Å². The Balaban J connectivity index is 2.29. The molecule has 0 N–H and O–H groups in total. The van der Waals surface area contributed by atoms with Gasteiger partial charge in [-0.2, -0.15) is 4.57 Å². The first-order valence-corrected chi connectivity index (χ1v) is 7.71. The molecule has 0 spiro atoms. The fourth-order valence-electron chi connectivity index (χ4n) is 3.63. The van der Waals surface area contributed by atoms with Crippen LogP contribution >= 0.6 is 0 Å². The molecule has 0 aliphatic carbocycles. The minimum Gasteiger partial charge on any atom is -0.256 e. The van der Waals surface area contributed by atoms with Crippen molar-refractivity contribution in [3.05, 3.63) is 54.4 Å². The lowest BCUT2D eigenvalue weighted by Crippen LogP contribution is -2.54. The molecule has 21 heavy (non-hydrogen) atoms. The lowest BCUT2D eigenvalue weighted by Gasteiger charge is -2.23. The highest BCUT2D eigenvalue weighted by atomic mass is 15.0. The number of nitrogens with zero attached hydrogens (tertiary/aromatic N) is 2. The lowest BCUT2D eigenvalue weighted by molar-refractivity contribution is -0.729. The van der Waals surface area contributed by atoms with E-state index in [2.05, 4.69) is 72.1 Å². The van der Waals surface area contributed by atoms with Crippen LogP contribution in [0.3, 0.4) is 0 Å². The molecular weight excluding hydrogens is 256 g/mol. The number of hydrogen-bond acceptors (Lipinski definition) is 1. The van der Waals surface area contributed by atoms with Crippen molar-refractivity contribution >= 4 is 27.9 Å². The van der Waals surface area contributed by atoms with E-state index >= 15 is 0 Å². The second-order valence-electron chi connectivity index (χ2n) is 5.82. The van der Waals surface area contributed by atoms with E-state index in [0.717, 1.165) is 18.4 Å². The van der Waals surface area contributed by atoms with Crippen molar-refractivity contribution in [2.24, 2.45) is 0 Å². The van der Waals surface area contributed by atoms with E-state index < -0.39 is 0 Å². The predicted octanol–water partition coefficient (Wildman–Crippen LogP) is 4.22. The molecule has 1 aliphatic rings. The summed E-state index contributed by atoms with van der Waals surface area (Å²) in [6.07, 6.45) is 11.0. The summed E-state index contributed by atoms with van der Waals surface area (Å²) in [5.41, 5.74) is 3.71. The standard InChI is InChI=1S/C19H19N2/c1-3-19(4-2)11-9-14-10-12-20-16-8-7-15-6-5-13-21(19)18(15)17(14)16/h5-13H,3-4H2,1-2H3/q+1. The monoisotopic (exact) mass is 275 g/mol. The molecule has 0 atom stereocenters. The van der Waals surface area contributed by atoms with Crippen molar-refractivity contribution in [3.63, 3.8) is 0 Å². The molecule has 0 unspecified atom stereocenters. The quantitative estimate of drug-likeness (QED) is 0.505. The highest BCUT2D eigenvalue weighted by Gasteiger charge is 2.37. The van der Waals surface area contributed by atoms with E-state index in [4.69, 9.17) is 0 Å². The van der Waals surface area contributed by atoms with Crippen LogP contribution in [0.15, 0.2) is 48.8 Å². The first kappa shape index (κ1) is 12.5. The summed E-state index contributed by atoms with van der Waals surface area (Å²) in [7, 11) is 0. The molecule has 1 aliphatic heterocycles. The van der Waals surface area contributed by atoms with Crippen molar-refractivity contribution in [2.45, 2.75) is 32.2 Å². The van der Waals surface area contributed by atoms with Crippen LogP contribution < -0.4 is 4.57 Å². The highest BCUT2D eigenvalue weighted by Crippen LogP contribution is 2.33. The van der Waals surface area contributed by atoms with Crippen molar-refractivity contribution in [2.75, 3.05) is 0 Å². The van der Waals surface area contributed by atoms with Gasteiger partial charge in [0, 0.05) is 30.5 Å². The molecular formula is C19H19N2+. The minimum absolute atomic E-state index is 0.0484. The van der Waals surface area contributed by atoms with Crippen molar-refractivity contribution in [3.8, 4) is 0 Å². The summed E-state index contributed by atoms with van der Waals surface area (Å²) in [6.45, 7) is 4.54. The molecule has 1 aromatic carbocycles. The molecule has 0 fully saturated rings. The zero-order valence-corrected chi connectivity index (χ0v) is 12.5. The molecule has 2 nitrogen and oxygen atoms in total. The number of hydrogen-bond donors (Lipinski definition) is 0. The Hall–Kier alpha value is -2.22. The molecule has 0 amide bonds. The third kappa shape index (κ3) is 1.59. The van der Waals surface area contributed by atoms with Gasteiger partial charge in [0.15, 0.2) is 11.7 Å². The van der Waals surface area contributed by atoms with Gasteiger partial charge in [-0.25, -0.2) is 0 Å². The third-order valence-electron chi connectivity index (χ3n) is 4.97. The first-order valence-electron chi connectivity index (χ1n) is 7.71. The van der Waals surface area contributed by atoms with Gasteiger partial charge in [0.2, 0.25) is 5.52 Å².